The van der Waals surface area contributed by atoms with Crippen LogP contribution in [-0.2, 0) is 0 Å². The number of nitrogens with two attached hydrogens (primary N) is 1. The molecule has 0 aliphatic rings. The van der Waals surface area contributed by atoms with Gasteiger partial charge in [-0.25, -0.2) is 8.78 Å². The van der Waals surface area contributed by atoms with Crippen LogP contribution in [0.4, 0.5) is 14.5 Å². The van der Waals surface area contributed by atoms with Crippen molar-refractivity contribution in [3.63, 3.8) is 0 Å². The number of nitrogen functional groups attached to an aromatic ring is 1. The van der Waals surface area contributed by atoms with Gasteiger partial charge in [0.1, 0.15) is 0 Å². The minimum Gasteiger partial charge on any atom is -0.505 e. The van der Waals surface area contributed by atoms with Gasteiger partial charge >= 0.3 is 0 Å². The minimum absolute atomic E-state index is 0.0273. The highest BCUT2D eigenvalue weighted by molar-refractivity contribution is 5.72. The van der Waals surface area contributed by atoms with Crippen molar-refractivity contribution in [2.45, 2.75) is 0 Å². The maximum atomic E-state index is 13.2. The number of rotatable bonds is 2. The van der Waals surface area contributed by atoms with Crippen molar-refractivity contribution in [1.82, 2.24) is 10.1 Å². The average molecular weight is 289 g/mol. The van der Waals surface area contributed by atoms with Crippen LogP contribution in [0.25, 0.3) is 22.8 Å². The lowest BCUT2D eigenvalue weighted by molar-refractivity contribution is 0.426. The van der Waals surface area contributed by atoms with Crippen LogP contribution in [0.5, 0.6) is 5.75 Å². The van der Waals surface area contributed by atoms with Crippen LogP contribution in [0.1, 0.15) is 0 Å². The summed E-state index contributed by atoms with van der Waals surface area (Å²) in [5.41, 5.74) is 6.27. The minimum atomic E-state index is -1.01. The van der Waals surface area contributed by atoms with Crippen molar-refractivity contribution < 1.29 is 18.4 Å². The van der Waals surface area contributed by atoms with Gasteiger partial charge in [-0.05, 0) is 30.3 Å². The summed E-state index contributed by atoms with van der Waals surface area (Å²) < 4.78 is 31.1. The average Bonchev–Trinajstić information content (AvgIpc) is 2.94. The molecule has 106 valence electrons. The third-order valence-electron chi connectivity index (χ3n) is 2.90. The van der Waals surface area contributed by atoms with E-state index in [-0.39, 0.29) is 34.3 Å². The molecule has 0 fully saturated rings. The van der Waals surface area contributed by atoms with Crippen molar-refractivity contribution in [3.8, 4) is 28.6 Å². The lowest BCUT2D eigenvalue weighted by Gasteiger charge is -2.01. The van der Waals surface area contributed by atoms with Crippen LogP contribution in [-0.4, -0.2) is 15.2 Å². The summed E-state index contributed by atoms with van der Waals surface area (Å²) in [7, 11) is 0. The van der Waals surface area contributed by atoms with E-state index in [0.717, 1.165) is 12.1 Å². The lowest BCUT2D eigenvalue weighted by atomic mass is 10.1. The summed E-state index contributed by atoms with van der Waals surface area (Å²) in [5.74, 6) is -2.05. The van der Waals surface area contributed by atoms with Crippen molar-refractivity contribution in [2.75, 3.05) is 5.73 Å². The highest BCUT2D eigenvalue weighted by Crippen LogP contribution is 2.33. The fourth-order valence-electron chi connectivity index (χ4n) is 1.82. The number of halogens is 2. The van der Waals surface area contributed by atoms with Crippen LogP contribution < -0.4 is 5.73 Å². The first kappa shape index (κ1) is 13.0. The van der Waals surface area contributed by atoms with Crippen LogP contribution in [0.2, 0.25) is 0 Å². The second kappa shape index (κ2) is 4.86. The summed E-state index contributed by atoms with van der Waals surface area (Å²) in [6, 6.07) is 7.94. The van der Waals surface area contributed by atoms with Crippen LogP contribution in [0.3, 0.4) is 0 Å². The number of hydrogen-bond acceptors (Lipinski definition) is 5. The molecule has 1 aromatic heterocycles. The molecule has 0 bridgehead atoms. The van der Waals surface area contributed by atoms with Gasteiger partial charge in [-0.3, -0.25) is 0 Å². The summed E-state index contributed by atoms with van der Waals surface area (Å²) in [4.78, 5) is 4.04. The van der Waals surface area contributed by atoms with E-state index in [9.17, 15) is 13.9 Å². The largest absolute Gasteiger partial charge is 0.505 e. The molecule has 3 rings (SSSR count). The Labute approximate surface area is 117 Å². The van der Waals surface area contributed by atoms with Gasteiger partial charge in [0.2, 0.25) is 5.82 Å². The lowest BCUT2D eigenvalue weighted by Crippen LogP contribution is -1.88. The standard InChI is InChI=1S/C14H9F2N3O2/c15-9-5-4-7(6-10(9)16)13-18-14(21-19-13)8-2-1-3-11(17)12(8)20/h1-6,20H,17H2. The molecule has 5 nitrogen and oxygen atoms in total. The monoisotopic (exact) mass is 289 g/mol. The summed E-state index contributed by atoms with van der Waals surface area (Å²) in [6.45, 7) is 0. The van der Waals surface area contributed by atoms with Gasteiger partial charge < -0.3 is 15.4 Å². The fourth-order valence-corrected chi connectivity index (χ4v) is 1.82. The van der Waals surface area contributed by atoms with Gasteiger partial charge in [0.25, 0.3) is 5.89 Å². The zero-order valence-corrected chi connectivity index (χ0v) is 10.5. The quantitative estimate of drug-likeness (QED) is 0.559. The molecule has 7 heteroatoms. The fraction of sp³-hybridized carbons (Fsp3) is 0. The predicted octanol–water partition coefficient (Wildman–Crippen LogP) is 2.97. The molecular formula is C14H9F2N3O2. The Kier molecular flexibility index (Phi) is 3.02. The van der Waals surface area contributed by atoms with Gasteiger partial charge in [-0.2, -0.15) is 4.98 Å². The Morgan fingerprint density at radius 2 is 1.90 bits per heavy atom. The summed E-state index contributed by atoms with van der Waals surface area (Å²) in [5, 5.41) is 13.5. The second-order valence-electron chi connectivity index (χ2n) is 4.30. The molecule has 0 amide bonds. The van der Waals surface area contributed by atoms with E-state index in [1.807, 2.05) is 0 Å². The SMILES string of the molecule is Nc1cccc(-c2nc(-c3ccc(F)c(F)c3)no2)c1O. The number of para-hydroxylation sites is 1. The zero-order chi connectivity index (χ0) is 15.0. The smallest absolute Gasteiger partial charge is 0.262 e. The Morgan fingerprint density at radius 3 is 2.67 bits per heavy atom. The van der Waals surface area contributed by atoms with Crippen molar-refractivity contribution in [2.24, 2.45) is 0 Å². The van der Waals surface area contributed by atoms with Crippen molar-refractivity contribution in [1.29, 1.82) is 0 Å². The van der Waals surface area contributed by atoms with Gasteiger partial charge in [0, 0.05) is 5.56 Å². The molecule has 0 aliphatic heterocycles. The molecule has 0 radical (unpaired) electrons. The van der Waals surface area contributed by atoms with Gasteiger partial charge in [-0.1, -0.05) is 11.2 Å². The maximum absolute atomic E-state index is 13.2. The number of hydrogen-bond donors (Lipinski definition) is 2. The van der Waals surface area contributed by atoms with Crippen molar-refractivity contribution in [3.05, 3.63) is 48.0 Å². The first-order chi connectivity index (χ1) is 10.1. The maximum Gasteiger partial charge on any atom is 0.262 e. The van der Waals surface area contributed by atoms with E-state index >= 15 is 0 Å². The molecule has 0 spiro atoms. The molecule has 21 heavy (non-hydrogen) atoms. The molecule has 3 aromatic rings. The number of aromatic hydroxyl groups is 1. The Morgan fingerprint density at radius 1 is 1.10 bits per heavy atom. The van der Waals surface area contributed by atoms with Gasteiger partial charge in [0.05, 0.1) is 11.3 Å². The van der Waals surface area contributed by atoms with Crippen LogP contribution in [0.15, 0.2) is 40.9 Å². The molecule has 2 aromatic carbocycles. The third-order valence-corrected chi connectivity index (χ3v) is 2.90. The van der Waals surface area contributed by atoms with Crippen LogP contribution >= 0.6 is 0 Å². The van der Waals surface area contributed by atoms with E-state index in [2.05, 4.69) is 10.1 Å². The molecule has 0 aliphatic carbocycles. The normalized spacial score (nSPS) is 10.8. The molecule has 0 saturated carbocycles. The Balaban J connectivity index is 2.03. The molecule has 0 atom stereocenters. The summed E-state index contributed by atoms with van der Waals surface area (Å²) in [6.07, 6.45) is 0. The van der Waals surface area contributed by atoms with Gasteiger partial charge in [0.15, 0.2) is 17.4 Å². The molecular weight excluding hydrogens is 280 g/mol. The number of anilines is 1. The predicted molar refractivity (Wildman–Crippen MR) is 71.2 cm³/mol. The number of benzene rings is 2. The molecule has 1 heterocycles. The number of phenolic OH excluding ortho intramolecular Hbond substituents is 1. The molecule has 3 N–H and O–H groups in total. The summed E-state index contributed by atoms with van der Waals surface area (Å²) >= 11 is 0. The van der Waals surface area contributed by atoms with Crippen LogP contribution in [0, 0.1) is 11.6 Å². The highest BCUT2D eigenvalue weighted by atomic mass is 19.2. The topological polar surface area (TPSA) is 85.2 Å². The van der Waals surface area contributed by atoms with E-state index in [1.54, 1.807) is 12.1 Å². The number of aromatic nitrogens is 2. The Bertz CT molecular complexity index is 818. The van der Waals surface area contributed by atoms with E-state index in [1.165, 1.54) is 12.1 Å². The number of nitrogens with zero attached hydrogens (tertiary/aromatic N) is 2. The van der Waals surface area contributed by atoms with E-state index < -0.39 is 11.6 Å². The van der Waals surface area contributed by atoms with E-state index in [0.29, 0.717) is 0 Å². The Hall–Kier alpha value is -2.96. The van der Waals surface area contributed by atoms with E-state index in [4.69, 9.17) is 10.3 Å². The number of phenols is 1. The highest BCUT2D eigenvalue weighted by Gasteiger charge is 2.16. The van der Waals surface area contributed by atoms with Gasteiger partial charge in [-0.15, -0.1) is 0 Å². The second-order valence-corrected chi connectivity index (χ2v) is 4.30. The first-order valence-electron chi connectivity index (χ1n) is 5.93. The third kappa shape index (κ3) is 2.29. The van der Waals surface area contributed by atoms with Crippen molar-refractivity contribution >= 4 is 5.69 Å². The molecule has 0 saturated heterocycles. The zero-order valence-electron chi connectivity index (χ0n) is 10.5. The molecule has 0 unspecified atom stereocenters. The first-order valence-corrected chi connectivity index (χ1v) is 5.93.